The Morgan fingerprint density at radius 1 is 1.03 bits per heavy atom. The molecule has 0 fully saturated rings. The van der Waals surface area contributed by atoms with Crippen molar-refractivity contribution in [1.82, 2.24) is 4.72 Å². The minimum absolute atomic E-state index is 0.0140. The maximum absolute atomic E-state index is 13.3. The van der Waals surface area contributed by atoms with Crippen LogP contribution >= 0.6 is 0 Å². The van der Waals surface area contributed by atoms with Crippen LogP contribution in [0.15, 0.2) is 82.7 Å². The maximum Gasteiger partial charge on any atom is 0.240 e. The SMILES string of the molecule is COc1cccc(NC(N)=NCc2cccc(S(=O)(=O)NCc3cccc(F)c3)c2)c1. The lowest BCUT2D eigenvalue weighted by Gasteiger charge is -2.09. The highest BCUT2D eigenvalue weighted by Gasteiger charge is 2.14. The third-order valence-corrected chi connectivity index (χ3v) is 5.74. The van der Waals surface area contributed by atoms with Gasteiger partial charge >= 0.3 is 0 Å². The maximum atomic E-state index is 13.3. The Morgan fingerprint density at radius 3 is 2.55 bits per heavy atom. The summed E-state index contributed by atoms with van der Waals surface area (Å²) in [5.74, 6) is 0.448. The molecule has 0 aliphatic carbocycles. The normalized spacial score (nSPS) is 11.9. The van der Waals surface area contributed by atoms with E-state index < -0.39 is 15.8 Å². The molecule has 162 valence electrons. The Bertz CT molecular complexity index is 1180. The summed E-state index contributed by atoms with van der Waals surface area (Å²) in [5.41, 5.74) is 7.85. The topological polar surface area (TPSA) is 106 Å². The Balaban J connectivity index is 1.65. The number of sulfonamides is 1. The van der Waals surface area contributed by atoms with E-state index in [1.54, 1.807) is 31.4 Å². The standard InChI is InChI=1S/C22H23FN4O3S/c1-30-20-9-4-8-19(13-20)27-22(24)25-14-17-6-3-10-21(12-17)31(28,29)26-15-16-5-2-7-18(23)11-16/h2-13,26H,14-15H2,1H3,(H3,24,25,27). The van der Waals surface area contributed by atoms with Gasteiger partial charge in [0.05, 0.1) is 18.6 Å². The second-order valence-electron chi connectivity index (χ2n) is 6.66. The van der Waals surface area contributed by atoms with Crippen molar-refractivity contribution in [2.24, 2.45) is 10.7 Å². The van der Waals surface area contributed by atoms with E-state index >= 15 is 0 Å². The Morgan fingerprint density at radius 2 is 1.77 bits per heavy atom. The average Bonchev–Trinajstić information content (AvgIpc) is 2.77. The first-order valence-corrected chi connectivity index (χ1v) is 10.9. The third kappa shape index (κ3) is 6.53. The molecule has 4 N–H and O–H groups in total. The van der Waals surface area contributed by atoms with E-state index in [1.807, 2.05) is 18.2 Å². The highest BCUT2D eigenvalue weighted by Crippen LogP contribution is 2.17. The van der Waals surface area contributed by atoms with Crippen molar-refractivity contribution in [3.8, 4) is 5.75 Å². The summed E-state index contributed by atoms with van der Waals surface area (Å²) in [5, 5.41) is 2.96. The Kier molecular flexibility index (Phi) is 7.22. The molecule has 0 saturated heterocycles. The fraction of sp³-hybridized carbons (Fsp3) is 0.136. The molecule has 0 spiro atoms. The van der Waals surface area contributed by atoms with Gasteiger partial charge in [-0.15, -0.1) is 0 Å². The average molecular weight is 443 g/mol. The lowest BCUT2D eigenvalue weighted by molar-refractivity contribution is 0.415. The van der Waals surface area contributed by atoms with Gasteiger partial charge in [-0.2, -0.15) is 0 Å². The Labute approximate surface area is 180 Å². The fourth-order valence-corrected chi connectivity index (χ4v) is 3.87. The van der Waals surface area contributed by atoms with Crippen molar-refractivity contribution in [3.63, 3.8) is 0 Å². The zero-order chi connectivity index (χ0) is 22.3. The summed E-state index contributed by atoms with van der Waals surface area (Å²) in [6.45, 7) is 0.177. The second-order valence-corrected chi connectivity index (χ2v) is 8.43. The predicted octanol–water partition coefficient (Wildman–Crippen LogP) is 3.24. The molecule has 0 aliphatic rings. The van der Waals surface area contributed by atoms with Crippen molar-refractivity contribution in [3.05, 3.63) is 89.7 Å². The van der Waals surface area contributed by atoms with Gasteiger partial charge in [0, 0.05) is 18.3 Å². The third-order valence-electron chi connectivity index (χ3n) is 4.34. The first kappa shape index (κ1) is 22.3. The molecule has 0 aliphatic heterocycles. The van der Waals surface area contributed by atoms with Crippen LogP contribution in [0.2, 0.25) is 0 Å². The number of aliphatic imine (C=N–C) groups is 1. The first-order valence-electron chi connectivity index (χ1n) is 9.40. The van der Waals surface area contributed by atoms with E-state index in [9.17, 15) is 12.8 Å². The molecule has 3 rings (SSSR count). The first-order chi connectivity index (χ1) is 14.9. The number of hydrogen-bond donors (Lipinski definition) is 3. The second kappa shape index (κ2) is 10.1. The predicted molar refractivity (Wildman–Crippen MR) is 119 cm³/mol. The molecular formula is C22H23FN4O3S. The van der Waals surface area contributed by atoms with E-state index in [0.717, 1.165) is 5.69 Å². The molecule has 0 heterocycles. The quantitative estimate of drug-likeness (QED) is 0.367. The van der Waals surface area contributed by atoms with Crippen molar-refractivity contribution < 1.29 is 17.5 Å². The van der Waals surface area contributed by atoms with Gasteiger partial charge < -0.3 is 15.8 Å². The van der Waals surface area contributed by atoms with Crippen molar-refractivity contribution >= 4 is 21.7 Å². The molecule has 3 aromatic carbocycles. The number of ether oxygens (including phenoxy) is 1. The van der Waals surface area contributed by atoms with Gasteiger partial charge in [-0.1, -0.05) is 30.3 Å². The number of hydrogen-bond acceptors (Lipinski definition) is 4. The Hall–Kier alpha value is -3.43. The van der Waals surface area contributed by atoms with E-state index in [0.29, 0.717) is 16.9 Å². The molecule has 0 saturated carbocycles. The van der Waals surface area contributed by atoms with Gasteiger partial charge in [-0.3, -0.25) is 0 Å². The van der Waals surface area contributed by atoms with Gasteiger partial charge in [0.15, 0.2) is 5.96 Å². The van der Waals surface area contributed by atoms with E-state index in [4.69, 9.17) is 10.5 Å². The molecule has 7 nitrogen and oxygen atoms in total. The molecule has 0 aromatic heterocycles. The zero-order valence-corrected chi connectivity index (χ0v) is 17.7. The number of methoxy groups -OCH3 is 1. The number of benzene rings is 3. The highest BCUT2D eigenvalue weighted by atomic mass is 32.2. The molecule has 0 atom stereocenters. The fourth-order valence-electron chi connectivity index (χ4n) is 2.78. The number of rotatable bonds is 8. The van der Waals surface area contributed by atoms with Crippen LogP contribution < -0.4 is 20.5 Å². The molecule has 0 bridgehead atoms. The van der Waals surface area contributed by atoms with Crippen LogP contribution in [0.25, 0.3) is 0 Å². The summed E-state index contributed by atoms with van der Waals surface area (Å²) < 4.78 is 46.1. The molecule has 0 radical (unpaired) electrons. The molecular weight excluding hydrogens is 419 g/mol. The molecule has 9 heteroatoms. The number of nitrogens with two attached hydrogens (primary N) is 1. The van der Waals surface area contributed by atoms with E-state index in [2.05, 4.69) is 15.0 Å². The van der Waals surface area contributed by atoms with Crippen LogP contribution in [0.1, 0.15) is 11.1 Å². The van der Waals surface area contributed by atoms with Gasteiger partial charge in [0.25, 0.3) is 0 Å². The summed E-state index contributed by atoms with van der Waals surface area (Å²) in [6, 6.07) is 19.4. The smallest absolute Gasteiger partial charge is 0.240 e. The monoisotopic (exact) mass is 442 g/mol. The summed E-state index contributed by atoms with van der Waals surface area (Å²) >= 11 is 0. The molecule has 0 unspecified atom stereocenters. The number of nitrogens with one attached hydrogen (secondary N) is 2. The van der Waals surface area contributed by atoms with Crippen LogP contribution in [0.5, 0.6) is 5.75 Å². The van der Waals surface area contributed by atoms with Crippen LogP contribution in [0.4, 0.5) is 10.1 Å². The molecule has 31 heavy (non-hydrogen) atoms. The van der Waals surface area contributed by atoms with E-state index in [1.165, 1.54) is 30.3 Å². The number of halogens is 1. The van der Waals surface area contributed by atoms with Gasteiger partial charge in [0.1, 0.15) is 11.6 Å². The zero-order valence-electron chi connectivity index (χ0n) is 16.9. The van der Waals surface area contributed by atoms with Crippen molar-refractivity contribution in [1.29, 1.82) is 0 Å². The molecule has 0 amide bonds. The van der Waals surface area contributed by atoms with Crippen LogP contribution in [-0.2, 0) is 23.1 Å². The van der Waals surface area contributed by atoms with Crippen molar-refractivity contribution in [2.45, 2.75) is 18.0 Å². The minimum Gasteiger partial charge on any atom is -0.497 e. The summed E-state index contributed by atoms with van der Waals surface area (Å²) in [6.07, 6.45) is 0. The molecule has 3 aromatic rings. The van der Waals surface area contributed by atoms with Crippen LogP contribution in [0.3, 0.4) is 0 Å². The largest absolute Gasteiger partial charge is 0.497 e. The highest BCUT2D eigenvalue weighted by molar-refractivity contribution is 7.89. The van der Waals surface area contributed by atoms with Gasteiger partial charge in [-0.05, 0) is 47.5 Å². The lowest BCUT2D eigenvalue weighted by Crippen LogP contribution is -2.23. The van der Waals surface area contributed by atoms with Gasteiger partial charge in [0.2, 0.25) is 10.0 Å². The van der Waals surface area contributed by atoms with E-state index in [-0.39, 0.29) is 23.9 Å². The van der Waals surface area contributed by atoms with Crippen LogP contribution in [0, 0.1) is 5.82 Å². The van der Waals surface area contributed by atoms with Gasteiger partial charge in [-0.25, -0.2) is 22.5 Å². The number of guanidine groups is 1. The number of nitrogens with zero attached hydrogens (tertiary/aromatic N) is 1. The lowest BCUT2D eigenvalue weighted by atomic mass is 10.2. The van der Waals surface area contributed by atoms with Crippen LogP contribution in [-0.4, -0.2) is 21.5 Å². The summed E-state index contributed by atoms with van der Waals surface area (Å²) in [7, 11) is -2.20. The minimum atomic E-state index is -3.77. The summed E-state index contributed by atoms with van der Waals surface area (Å²) in [4.78, 5) is 4.35. The number of anilines is 1. The van der Waals surface area contributed by atoms with Crippen molar-refractivity contribution in [2.75, 3.05) is 12.4 Å².